The Balaban J connectivity index is 1.48. The second-order valence-electron chi connectivity index (χ2n) is 8.81. The zero-order valence-electron chi connectivity index (χ0n) is 20.0. The summed E-state index contributed by atoms with van der Waals surface area (Å²) >= 11 is 0. The summed E-state index contributed by atoms with van der Waals surface area (Å²) in [6.07, 6.45) is 2.95. The minimum absolute atomic E-state index is 0.133. The number of aromatic amines is 1. The number of H-pyrrole nitrogens is 1. The molecule has 1 aliphatic rings. The molecular formula is C27H26N6O3. The van der Waals surface area contributed by atoms with Gasteiger partial charge in [-0.2, -0.15) is 5.21 Å². The van der Waals surface area contributed by atoms with Crippen LogP contribution in [0.3, 0.4) is 0 Å². The number of carbonyl (C=O) groups is 2. The number of amides is 2. The summed E-state index contributed by atoms with van der Waals surface area (Å²) in [7, 11) is 0. The Hall–Kier alpha value is -4.40. The molecule has 0 radical (unpaired) electrons. The second-order valence-corrected chi connectivity index (χ2v) is 8.81. The number of benzene rings is 2. The third-order valence-corrected chi connectivity index (χ3v) is 6.44. The molecule has 0 atom stereocenters. The van der Waals surface area contributed by atoms with Crippen LogP contribution >= 0.6 is 0 Å². The average Bonchev–Trinajstić information content (AvgIpc) is 3.55. The van der Waals surface area contributed by atoms with Crippen LogP contribution < -0.4 is 10.5 Å². The maximum absolute atomic E-state index is 13.5. The summed E-state index contributed by atoms with van der Waals surface area (Å²) in [6.45, 7) is 2.44. The van der Waals surface area contributed by atoms with E-state index in [0.717, 1.165) is 52.1 Å². The zero-order valence-corrected chi connectivity index (χ0v) is 20.0. The van der Waals surface area contributed by atoms with Gasteiger partial charge in [0.05, 0.1) is 6.54 Å². The van der Waals surface area contributed by atoms with Gasteiger partial charge in [-0.05, 0) is 46.9 Å². The van der Waals surface area contributed by atoms with Gasteiger partial charge in [-0.15, -0.1) is 10.2 Å². The highest BCUT2D eigenvalue weighted by Crippen LogP contribution is 2.30. The van der Waals surface area contributed by atoms with Crippen LogP contribution in [0.5, 0.6) is 0 Å². The third kappa shape index (κ3) is 4.47. The van der Waals surface area contributed by atoms with Gasteiger partial charge >= 0.3 is 0 Å². The number of imide groups is 1. The first-order chi connectivity index (χ1) is 17.6. The highest BCUT2D eigenvalue weighted by atomic mass is 16.2. The highest BCUT2D eigenvalue weighted by molar-refractivity contribution is 6.19. The van der Waals surface area contributed by atoms with Gasteiger partial charge in [0.25, 0.3) is 5.56 Å². The van der Waals surface area contributed by atoms with Crippen LogP contribution in [0.1, 0.15) is 43.9 Å². The van der Waals surface area contributed by atoms with E-state index in [4.69, 9.17) is 0 Å². The Morgan fingerprint density at radius 2 is 1.61 bits per heavy atom. The van der Waals surface area contributed by atoms with E-state index in [-0.39, 0.29) is 35.9 Å². The van der Waals surface area contributed by atoms with E-state index in [2.05, 4.69) is 27.5 Å². The van der Waals surface area contributed by atoms with Crippen molar-refractivity contribution in [2.75, 3.05) is 4.90 Å². The van der Waals surface area contributed by atoms with Crippen molar-refractivity contribution in [2.24, 2.45) is 0 Å². The fourth-order valence-electron chi connectivity index (χ4n) is 4.55. The van der Waals surface area contributed by atoms with Gasteiger partial charge in [0.1, 0.15) is 5.69 Å². The van der Waals surface area contributed by atoms with Crippen molar-refractivity contribution in [3.8, 4) is 22.5 Å². The Labute approximate surface area is 207 Å². The lowest BCUT2D eigenvalue weighted by Gasteiger charge is -2.19. The summed E-state index contributed by atoms with van der Waals surface area (Å²) in [6, 6.07) is 19.3. The summed E-state index contributed by atoms with van der Waals surface area (Å²) in [5, 5.41) is 14.4. The molecule has 0 bridgehead atoms. The molecule has 2 amide bonds. The van der Waals surface area contributed by atoms with Crippen molar-refractivity contribution in [1.82, 2.24) is 25.2 Å². The molecule has 9 heteroatoms. The lowest BCUT2D eigenvalue weighted by Crippen LogP contribution is -2.36. The van der Waals surface area contributed by atoms with Crippen molar-refractivity contribution >= 4 is 17.5 Å². The normalized spacial score (nSPS) is 13.5. The van der Waals surface area contributed by atoms with E-state index in [1.54, 1.807) is 10.6 Å². The Morgan fingerprint density at radius 3 is 2.28 bits per heavy atom. The number of unbranched alkanes of at least 4 members (excludes halogenated alkanes) is 1. The van der Waals surface area contributed by atoms with Crippen LogP contribution in [-0.2, 0) is 22.6 Å². The standard InChI is InChI=1S/C27H26N6O3/c1-2-3-6-20-13-14-23(33-24(34)15-16-25(33)35)27(36)32(20)17-18-9-11-19(12-10-18)21-7-4-5-8-22(21)26-28-30-31-29-26/h4-5,7-14H,2-3,6,15-17H2,1H3,(H,28,29,30,31). The van der Waals surface area contributed by atoms with Crippen LogP contribution in [0.15, 0.2) is 65.5 Å². The highest BCUT2D eigenvalue weighted by Gasteiger charge is 2.32. The molecule has 1 fully saturated rings. The van der Waals surface area contributed by atoms with Gasteiger partial charge in [-0.1, -0.05) is 61.9 Å². The fraction of sp³-hybridized carbons (Fsp3) is 0.259. The first-order valence-electron chi connectivity index (χ1n) is 12.1. The molecule has 1 saturated heterocycles. The van der Waals surface area contributed by atoms with Gasteiger partial charge in [-0.25, -0.2) is 4.90 Å². The minimum Gasteiger partial charge on any atom is -0.306 e. The largest absolute Gasteiger partial charge is 0.306 e. The van der Waals surface area contributed by atoms with Crippen LogP contribution in [0.2, 0.25) is 0 Å². The first-order valence-corrected chi connectivity index (χ1v) is 12.1. The van der Waals surface area contributed by atoms with Crippen LogP contribution in [0.4, 0.5) is 5.69 Å². The molecule has 2 aromatic heterocycles. The lowest BCUT2D eigenvalue weighted by molar-refractivity contribution is -0.121. The van der Waals surface area contributed by atoms with Gasteiger partial charge in [0.2, 0.25) is 17.6 Å². The molecule has 0 unspecified atom stereocenters. The number of anilines is 1. The number of aryl methyl sites for hydroxylation is 1. The van der Waals surface area contributed by atoms with Crippen LogP contribution in [0.25, 0.3) is 22.5 Å². The van der Waals surface area contributed by atoms with Gasteiger partial charge in [0.15, 0.2) is 0 Å². The number of nitrogens with zero attached hydrogens (tertiary/aromatic N) is 5. The topological polar surface area (TPSA) is 114 Å². The number of nitrogens with one attached hydrogen (secondary N) is 1. The quantitative estimate of drug-likeness (QED) is 0.383. The predicted octanol–water partition coefficient (Wildman–Crippen LogP) is 3.74. The Bertz CT molecular complexity index is 1440. The van der Waals surface area contributed by atoms with Crippen molar-refractivity contribution < 1.29 is 9.59 Å². The Kier molecular flexibility index (Phi) is 6.53. The van der Waals surface area contributed by atoms with Crippen molar-refractivity contribution in [2.45, 2.75) is 45.6 Å². The van der Waals surface area contributed by atoms with E-state index in [1.165, 1.54) is 0 Å². The molecule has 182 valence electrons. The summed E-state index contributed by atoms with van der Waals surface area (Å²) < 4.78 is 1.69. The molecule has 0 spiro atoms. The number of hydrogen-bond donors (Lipinski definition) is 1. The van der Waals surface area contributed by atoms with Crippen molar-refractivity contribution in [3.05, 3.63) is 82.3 Å². The monoisotopic (exact) mass is 482 g/mol. The number of pyridine rings is 1. The molecule has 1 aliphatic heterocycles. The summed E-state index contributed by atoms with van der Waals surface area (Å²) in [5.41, 5.74) is 4.46. The average molecular weight is 483 g/mol. The van der Waals surface area contributed by atoms with Crippen LogP contribution in [-0.4, -0.2) is 37.0 Å². The number of tetrazole rings is 1. The SMILES string of the molecule is CCCCc1ccc(N2C(=O)CCC2=O)c(=O)n1Cc1ccc(-c2ccccc2-c2nn[nH]n2)cc1. The smallest absolute Gasteiger partial charge is 0.275 e. The van der Waals surface area contributed by atoms with Gasteiger partial charge in [0, 0.05) is 24.1 Å². The number of aromatic nitrogens is 5. The van der Waals surface area contributed by atoms with E-state index in [1.807, 2.05) is 54.6 Å². The molecule has 0 saturated carbocycles. The maximum Gasteiger partial charge on any atom is 0.275 e. The molecule has 2 aromatic carbocycles. The number of hydrogen-bond acceptors (Lipinski definition) is 6. The summed E-state index contributed by atoms with van der Waals surface area (Å²) in [5.74, 6) is -0.131. The summed E-state index contributed by atoms with van der Waals surface area (Å²) in [4.78, 5) is 39.1. The predicted molar refractivity (Wildman–Crippen MR) is 135 cm³/mol. The molecule has 1 N–H and O–H groups in total. The van der Waals surface area contributed by atoms with Gasteiger partial charge < -0.3 is 4.57 Å². The number of carbonyl (C=O) groups excluding carboxylic acids is 2. The van der Waals surface area contributed by atoms with E-state index in [9.17, 15) is 14.4 Å². The maximum atomic E-state index is 13.5. The first kappa shape index (κ1) is 23.3. The molecule has 4 aromatic rings. The molecule has 3 heterocycles. The van der Waals surface area contributed by atoms with Gasteiger partial charge in [-0.3, -0.25) is 14.4 Å². The minimum atomic E-state index is -0.324. The third-order valence-electron chi connectivity index (χ3n) is 6.44. The number of rotatable bonds is 8. The van der Waals surface area contributed by atoms with Crippen molar-refractivity contribution in [1.29, 1.82) is 0 Å². The van der Waals surface area contributed by atoms with Crippen molar-refractivity contribution in [3.63, 3.8) is 0 Å². The molecule has 36 heavy (non-hydrogen) atoms. The van der Waals surface area contributed by atoms with E-state index >= 15 is 0 Å². The van der Waals surface area contributed by atoms with E-state index < -0.39 is 0 Å². The van der Waals surface area contributed by atoms with E-state index in [0.29, 0.717) is 12.4 Å². The zero-order chi connectivity index (χ0) is 25.1. The second kappa shape index (κ2) is 10.1. The lowest BCUT2D eigenvalue weighted by atomic mass is 9.98. The molecular weight excluding hydrogens is 456 g/mol. The molecule has 0 aliphatic carbocycles. The fourth-order valence-corrected chi connectivity index (χ4v) is 4.55. The molecule has 9 nitrogen and oxygen atoms in total. The molecule has 5 rings (SSSR count). The Morgan fingerprint density at radius 1 is 0.889 bits per heavy atom. The van der Waals surface area contributed by atoms with Crippen LogP contribution in [0, 0.1) is 0 Å².